The van der Waals surface area contributed by atoms with Gasteiger partial charge in [0.05, 0.1) is 17.1 Å². The maximum absolute atomic E-state index is 13.0. The van der Waals surface area contributed by atoms with Gasteiger partial charge >= 0.3 is 0 Å². The molecule has 0 fully saturated rings. The molecule has 0 spiro atoms. The summed E-state index contributed by atoms with van der Waals surface area (Å²) in [5.41, 5.74) is 1.50. The lowest BCUT2D eigenvalue weighted by atomic mass is 10.1. The molecule has 25 heavy (non-hydrogen) atoms. The zero-order valence-corrected chi connectivity index (χ0v) is 13.8. The molecule has 3 aromatic heterocycles. The second-order valence-electron chi connectivity index (χ2n) is 5.25. The van der Waals surface area contributed by atoms with Crippen molar-refractivity contribution in [3.63, 3.8) is 0 Å². The Kier molecular flexibility index (Phi) is 4.17. The smallest absolute Gasteiger partial charge is 0.191 e. The minimum atomic E-state index is -0.274. The highest BCUT2D eigenvalue weighted by Gasteiger charge is 2.07. The van der Waals surface area contributed by atoms with Crippen LogP contribution in [0.5, 0.6) is 0 Å². The highest BCUT2D eigenvalue weighted by molar-refractivity contribution is 7.13. The first-order valence-corrected chi connectivity index (χ1v) is 8.44. The number of thiophene rings is 1. The van der Waals surface area contributed by atoms with Gasteiger partial charge in [-0.25, -0.2) is 9.37 Å². The first-order valence-electron chi connectivity index (χ1n) is 7.56. The van der Waals surface area contributed by atoms with Crippen molar-refractivity contribution < 1.29 is 4.39 Å². The zero-order chi connectivity index (χ0) is 17.1. The lowest BCUT2D eigenvalue weighted by molar-refractivity contribution is 0.628. The van der Waals surface area contributed by atoms with E-state index in [4.69, 9.17) is 0 Å². The van der Waals surface area contributed by atoms with Gasteiger partial charge in [0.2, 0.25) is 0 Å². The van der Waals surface area contributed by atoms with Crippen LogP contribution in [0.1, 0.15) is 5.82 Å². The normalized spacial score (nSPS) is 10.8. The minimum absolute atomic E-state index is 0.274. The molecule has 1 aromatic carbocycles. The fourth-order valence-electron chi connectivity index (χ4n) is 2.27. The molecule has 4 aromatic rings. The number of hydrogen-bond acceptors (Lipinski definition) is 6. The molecule has 0 aliphatic heterocycles. The van der Waals surface area contributed by atoms with E-state index in [9.17, 15) is 4.39 Å². The molecular weight excluding hydrogens is 339 g/mol. The number of halogens is 1. The third-order valence-electron chi connectivity index (χ3n) is 3.51. The minimum Gasteiger partial charge on any atom is -0.361 e. The van der Waals surface area contributed by atoms with Gasteiger partial charge in [-0.1, -0.05) is 6.07 Å². The first-order chi connectivity index (χ1) is 12.3. The molecule has 6 nitrogen and oxygen atoms in total. The van der Waals surface area contributed by atoms with E-state index < -0.39 is 0 Å². The van der Waals surface area contributed by atoms with Gasteiger partial charge in [0.25, 0.3) is 0 Å². The van der Waals surface area contributed by atoms with Crippen LogP contribution >= 0.6 is 11.3 Å². The van der Waals surface area contributed by atoms with E-state index in [1.165, 1.54) is 12.1 Å². The van der Waals surface area contributed by atoms with E-state index in [-0.39, 0.29) is 5.82 Å². The molecule has 0 unspecified atom stereocenters. The Morgan fingerprint density at radius 1 is 1.04 bits per heavy atom. The van der Waals surface area contributed by atoms with Gasteiger partial charge in [-0.3, -0.25) is 5.10 Å². The Labute approximate surface area is 146 Å². The number of nitrogens with one attached hydrogen (secondary N) is 2. The summed E-state index contributed by atoms with van der Waals surface area (Å²) in [7, 11) is 0. The van der Waals surface area contributed by atoms with Crippen molar-refractivity contribution in [2.75, 3.05) is 5.32 Å². The highest BCUT2D eigenvalue weighted by atomic mass is 32.1. The molecule has 8 heteroatoms. The van der Waals surface area contributed by atoms with Crippen LogP contribution in [-0.2, 0) is 6.54 Å². The van der Waals surface area contributed by atoms with E-state index in [0.717, 1.165) is 10.4 Å². The highest BCUT2D eigenvalue weighted by Crippen LogP contribution is 2.21. The number of H-pyrrole nitrogens is 1. The molecule has 0 atom stereocenters. The summed E-state index contributed by atoms with van der Waals surface area (Å²) in [4.78, 5) is 5.46. The van der Waals surface area contributed by atoms with Gasteiger partial charge < -0.3 is 5.32 Å². The molecule has 0 radical (unpaired) electrons. The maximum atomic E-state index is 13.0. The first kappa shape index (κ1) is 15.4. The Hall–Kier alpha value is -3.13. The Balaban J connectivity index is 1.41. The third kappa shape index (κ3) is 3.53. The molecule has 0 saturated carbocycles. The van der Waals surface area contributed by atoms with Crippen LogP contribution in [0, 0.1) is 5.82 Å². The molecule has 0 aliphatic carbocycles. The van der Waals surface area contributed by atoms with Crippen molar-refractivity contribution in [1.29, 1.82) is 0 Å². The lowest BCUT2D eigenvalue weighted by Gasteiger charge is -2.04. The molecule has 0 saturated heterocycles. The van der Waals surface area contributed by atoms with Gasteiger partial charge in [-0.2, -0.15) is 5.10 Å². The summed E-state index contributed by atoms with van der Waals surface area (Å²) in [6.45, 7) is 0.461. The fourth-order valence-corrected chi connectivity index (χ4v) is 2.92. The topological polar surface area (TPSA) is 79.4 Å². The van der Waals surface area contributed by atoms with Crippen molar-refractivity contribution in [3.05, 3.63) is 65.6 Å². The number of hydrogen-bond donors (Lipinski definition) is 2. The third-order valence-corrected chi connectivity index (χ3v) is 4.38. The molecule has 4 rings (SSSR count). The van der Waals surface area contributed by atoms with Crippen molar-refractivity contribution in [2.45, 2.75) is 6.54 Å². The Morgan fingerprint density at radius 3 is 2.64 bits per heavy atom. The summed E-state index contributed by atoms with van der Waals surface area (Å²) >= 11 is 1.59. The van der Waals surface area contributed by atoms with Crippen molar-refractivity contribution in [3.8, 4) is 22.0 Å². The monoisotopic (exact) mass is 352 g/mol. The molecular formula is C17H13FN6S. The van der Waals surface area contributed by atoms with Gasteiger partial charge in [0.15, 0.2) is 5.82 Å². The standard InChI is InChI=1S/C17H13FN6S/c18-12-5-3-11(4-6-12)13-7-8-15(22-21-13)19-10-16-20-17(24-23-16)14-2-1-9-25-14/h1-9H,10H2,(H,19,22)(H,20,23,24). The Morgan fingerprint density at radius 2 is 1.92 bits per heavy atom. The summed E-state index contributed by atoms with van der Waals surface area (Å²) in [5, 5.41) is 20.5. The van der Waals surface area contributed by atoms with Crippen LogP contribution in [0.25, 0.3) is 22.0 Å². The zero-order valence-electron chi connectivity index (χ0n) is 13.0. The molecule has 0 aliphatic rings. The van der Waals surface area contributed by atoms with E-state index >= 15 is 0 Å². The number of benzene rings is 1. The predicted molar refractivity (Wildman–Crippen MR) is 94.4 cm³/mol. The molecule has 3 heterocycles. The van der Waals surface area contributed by atoms with Gasteiger partial charge in [0, 0.05) is 5.56 Å². The lowest BCUT2D eigenvalue weighted by Crippen LogP contribution is -2.04. The molecule has 0 amide bonds. The van der Waals surface area contributed by atoms with Crippen LogP contribution in [0.4, 0.5) is 10.2 Å². The number of anilines is 1. The summed E-state index contributed by atoms with van der Waals surface area (Å²) in [5.74, 6) is 1.75. The van der Waals surface area contributed by atoms with Crippen LogP contribution in [0.3, 0.4) is 0 Å². The Bertz CT molecular complexity index is 948. The second-order valence-corrected chi connectivity index (χ2v) is 6.19. The summed E-state index contributed by atoms with van der Waals surface area (Å²) in [6, 6.07) is 13.7. The van der Waals surface area contributed by atoms with Gasteiger partial charge in [-0.05, 0) is 47.8 Å². The average molecular weight is 352 g/mol. The van der Waals surface area contributed by atoms with Crippen LogP contribution in [-0.4, -0.2) is 25.4 Å². The summed E-state index contributed by atoms with van der Waals surface area (Å²) in [6.07, 6.45) is 0. The van der Waals surface area contributed by atoms with E-state index in [0.29, 0.717) is 29.7 Å². The van der Waals surface area contributed by atoms with E-state index in [1.807, 2.05) is 29.6 Å². The number of aromatic nitrogens is 5. The van der Waals surface area contributed by atoms with Crippen molar-refractivity contribution in [2.24, 2.45) is 0 Å². The average Bonchev–Trinajstić information content (AvgIpc) is 3.33. The largest absolute Gasteiger partial charge is 0.361 e. The summed E-state index contributed by atoms with van der Waals surface area (Å²) < 4.78 is 13.0. The van der Waals surface area contributed by atoms with Crippen LogP contribution in [0.15, 0.2) is 53.9 Å². The number of aromatic amines is 1. The number of nitrogens with zero attached hydrogens (tertiary/aromatic N) is 4. The predicted octanol–water partition coefficient (Wildman–Crippen LogP) is 3.74. The molecule has 124 valence electrons. The van der Waals surface area contributed by atoms with Gasteiger partial charge in [-0.15, -0.1) is 21.5 Å². The second kappa shape index (κ2) is 6.78. The maximum Gasteiger partial charge on any atom is 0.191 e. The van der Waals surface area contributed by atoms with Crippen LogP contribution < -0.4 is 5.32 Å². The van der Waals surface area contributed by atoms with Crippen LogP contribution in [0.2, 0.25) is 0 Å². The fraction of sp³-hybridized carbons (Fsp3) is 0.0588. The van der Waals surface area contributed by atoms with Crippen molar-refractivity contribution >= 4 is 17.2 Å². The quantitative estimate of drug-likeness (QED) is 0.572. The van der Waals surface area contributed by atoms with Gasteiger partial charge in [0.1, 0.15) is 17.5 Å². The number of rotatable bonds is 5. The molecule has 2 N–H and O–H groups in total. The van der Waals surface area contributed by atoms with Crippen molar-refractivity contribution in [1.82, 2.24) is 25.4 Å². The SMILES string of the molecule is Fc1ccc(-c2ccc(NCc3nc(-c4cccs4)n[nH]3)nn2)cc1. The van der Waals surface area contributed by atoms with E-state index in [2.05, 4.69) is 30.7 Å². The molecule has 0 bridgehead atoms. The van der Waals surface area contributed by atoms with E-state index in [1.54, 1.807) is 23.5 Å².